The third kappa shape index (κ3) is 5.40. The molecular weight excluding hydrogens is 338 g/mol. The standard InChI is InChI=1S/C20H32F2N2O2/c21-15-5-1-13(2-6-15)19(25)23-17-9-11-18(12-10-17)24-20(26)14-3-7-16(22)8-4-14/h13-18H,1-12H2,(H,23,25)(H,24,26). The Hall–Kier alpha value is -1.20. The number of amides is 2. The highest BCUT2D eigenvalue weighted by Gasteiger charge is 2.31. The minimum atomic E-state index is -0.738. The summed E-state index contributed by atoms with van der Waals surface area (Å²) in [6.45, 7) is 0. The van der Waals surface area contributed by atoms with E-state index in [1.807, 2.05) is 0 Å². The lowest BCUT2D eigenvalue weighted by atomic mass is 9.85. The van der Waals surface area contributed by atoms with Crippen LogP contribution in [0.3, 0.4) is 0 Å². The second-order valence-electron chi connectivity index (χ2n) is 8.46. The molecule has 4 nitrogen and oxygen atoms in total. The minimum absolute atomic E-state index is 0.0370. The summed E-state index contributed by atoms with van der Waals surface area (Å²) in [5.41, 5.74) is 0. The van der Waals surface area contributed by atoms with Gasteiger partial charge in [-0.05, 0) is 77.0 Å². The number of nitrogens with one attached hydrogen (secondary N) is 2. The van der Waals surface area contributed by atoms with E-state index in [1.165, 1.54) is 0 Å². The van der Waals surface area contributed by atoms with Gasteiger partial charge in [0.25, 0.3) is 0 Å². The predicted octanol–water partition coefficient (Wildman–Crippen LogP) is 3.59. The van der Waals surface area contributed by atoms with Crippen LogP contribution in [0, 0.1) is 11.8 Å². The fourth-order valence-corrected chi connectivity index (χ4v) is 4.65. The van der Waals surface area contributed by atoms with E-state index in [-0.39, 0.29) is 35.7 Å². The maximum atomic E-state index is 13.2. The predicted molar refractivity (Wildman–Crippen MR) is 96.0 cm³/mol. The summed E-state index contributed by atoms with van der Waals surface area (Å²) in [6, 6.07) is 0.335. The van der Waals surface area contributed by atoms with Crippen LogP contribution in [0.15, 0.2) is 0 Å². The van der Waals surface area contributed by atoms with Crippen molar-refractivity contribution < 1.29 is 18.4 Å². The zero-order valence-electron chi connectivity index (χ0n) is 15.5. The highest BCUT2D eigenvalue weighted by Crippen LogP contribution is 2.29. The van der Waals surface area contributed by atoms with Crippen molar-refractivity contribution in [1.29, 1.82) is 0 Å². The Morgan fingerprint density at radius 3 is 1.15 bits per heavy atom. The molecule has 0 aliphatic heterocycles. The number of carbonyl (C=O) groups excluding carboxylic acids is 2. The molecular formula is C20H32F2N2O2. The lowest BCUT2D eigenvalue weighted by Gasteiger charge is -2.33. The molecule has 26 heavy (non-hydrogen) atoms. The van der Waals surface area contributed by atoms with Gasteiger partial charge in [0.2, 0.25) is 11.8 Å². The molecule has 3 aliphatic rings. The van der Waals surface area contributed by atoms with Gasteiger partial charge in [0.1, 0.15) is 12.3 Å². The molecule has 148 valence electrons. The Morgan fingerprint density at radius 1 is 0.538 bits per heavy atom. The van der Waals surface area contributed by atoms with Crippen molar-refractivity contribution in [3.05, 3.63) is 0 Å². The van der Waals surface area contributed by atoms with Crippen molar-refractivity contribution in [1.82, 2.24) is 10.6 Å². The molecule has 3 saturated carbocycles. The Morgan fingerprint density at radius 2 is 0.846 bits per heavy atom. The first kappa shape index (κ1) is 19.6. The zero-order valence-corrected chi connectivity index (χ0v) is 15.5. The van der Waals surface area contributed by atoms with Gasteiger partial charge < -0.3 is 10.6 Å². The van der Waals surface area contributed by atoms with Gasteiger partial charge in [-0.3, -0.25) is 9.59 Å². The van der Waals surface area contributed by atoms with Crippen molar-refractivity contribution in [2.24, 2.45) is 11.8 Å². The molecule has 0 aromatic rings. The molecule has 3 aliphatic carbocycles. The number of alkyl halides is 2. The lowest BCUT2D eigenvalue weighted by Crippen LogP contribution is -2.47. The summed E-state index contributed by atoms with van der Waals surface area (Å²) < 4.78 is 26.4. The van der Waals surface area contributed by atoms with Crippen molar-refractivity contribution in [3.8, 4) is 0 Å². The van der Waals surface area contributed by atoms with E-state index in [0.717, 1.165) is 25.7 Å². The molecule has 0 heterocycles. The Balaban J connectivity index is 1.35. The summed E-state index contributed by atoms with van der Waals surface area (Å²) in [5.74, 6) is 0.0786. The van der Waals surface area contributed by atoms with Gasteiger partial charge in [-0.25, -0.2) is 8.78 Å². The average molecular weight is 370 g/mol. The van der Waals surface area contributed by atoms with Crippen LogP contribution < -0.4 is 10.6 Å². The molecule has 6 heteroatoms. The van der Waals surface area contributed by atoms with Crippen LogP contribution in [0.25, 0.3) is 0 Å². The zero-order chi connectivity index (χ0) is 18.5. The summed E-state index contributed by atoms with van der Waals surface area (Å²) in [6.07, 6.45) is 6.61. The lowest BCUT2D eigenvalue weighted by molar-refractivity contribution is -0.128. The first-order valence-corrected chi connectivity index (χ1v) is 10.4. The van der Waals surface area contributed by atoms with Gasteiger partial charge in [0.15, 0.2) is 0 Å². The molecule has 0 atom stereocenters. The maximum absolute atomic E-state index is 13.2. The monoisotopic (exact) mass is 370 g/mol. The molecule has 0 spiro atoms. The van der Waals surface area contributed by atoms with E-state index in [2.05, 4.69) is 10.6 Å². The molecule has 0 bridgehead atoms. The highest BCUT2D eigenvalue weighted by atomic mass is 19.1. The topological polar surface area (TPSA) is 58.2 Å². The molecule has 0 aromatic heterocycles. The second kappa shape index (κ2) is 9.14. The van der Waals surface area contributed by atoms with E-state index in [0.29, 0.717) is 51.4 Å². The third-order valence-electron chi connectivity index (χ3n) is 6.47. The summed E-state index contributed by atoms with van der Waals surface area (Å²) in [7, 11) is 0. The molecule has 2 amide bonds. The number of rotatable bonds is 4. The van der Waals surface area contributed by atoms with Crippen LogP contribution in [-0.4, -0.2) is 36.2 Å². The summed E-state index contributed by atoms with van der Waals surface area (Å²) in [4.78, 5) is 24.7. The van der Waals surface area contributed by atoms with Gasteiger partial charge in [-0.1, -0.05) is 0 Å². The van der Waals surface area contributed by atoms with E-state index < -0.39 is 12.3 Å². The SMILES string of the molecule is O=C(NC1CCC(NC(=O)C2CCC(F)CC2)CC1)C1CCC(F)CC1. The number of halogens is 2. The van der Waals surface area contributed by atoms with Crippen LogP contribution in [-0.2, 0) is 9.59 Å². The van der Waals surface area contributed by atoms with Crippen LogP contribution in [0.1, 0.15) is 77.0 Å². The fourth-order valence-electron chi connectivity index (χ4n) is 4.65. The minimum Gasteiger partial charge on any atom is -0.353 e. The van der Waals surface area contributed by atoms with Crippen molar-refractivity contribution in [2.45, 2.75) is 101 Å². The van der Waals surface area contributed by atoms with Gasteiger partial charge in [0, 0.05) is 23.9 Å². The molecule has 0 aromatic carbocycles. The average Bonchev–Trinajstić information content (AvgIpc) is 2.64. The molecule has 0 saturated heterocycles. The Bertz CT molecular complexity index is 434. The molecule has 3 fully saturated rings. The summed E-state index contributed by atoms with van der Waals surface area (Å²) in [5, 5.41) is 6.26. The largest absolute Gasteiger partial charge is 0.353 e. The van der Waals surface area contributed by atoms with Crippen LogP contribution in [0.5, 0.6) is 0 Å². The third-order valence-corrected chi connectivity index (χ3v) is 6.47. The maximum Gasteiger partial charge on any atom is 0.223 e. The van der Waals surface area contributed by atoms with Gasteiger partial charge >= 0.3 is 0 Å². The molecule has 2 N–H and O–H groups in total. The Labute approximate surface area is 154 Å². The van der Waals surface area contributed by atoms with E-state index in [4.69, 9.17) is 0 Å². The van der Waals surface area contributed by atoms with E-state index in [9.17, 15) is 18.4 Å². The first-order valence-electron chi connectivity index (χ1n) is 10.4. The number of hydrogen-bond donors (Lipinski definition) is 2. The van der Waals surface area contributed by atoms with Gasteiger partial charge in [-0.15, -0.1) is 0 Å². The van der Waals surface area contributed by atoms with E-state index in [1.54, 1.807) is 0 Å². The highest BCUT2D eigenvalue weighted by molar-refractivity contribution is 5.79. The Kier molecular flexibility index (Phi) is 6.87. The fraction of sp³-hybridized carbons (Fsp3) is 0.900. The van der Waals surface area contributed by atoms with Gasteiger partial charge in [0.05, 0.1) is 0 Å². The second-order valence-corrected chi connectivity index (χ2v) is 8.46. The van der Waals surface area contributed by atoms with Crippen LogP contribution >= 0.6 is 0 Å². The van der Waals surface area contributed by atoms with Crippen molar-refractivity contribution in [3.63, 3.8) is 0 Å². The first-order chi connectivity index (χ1) is 12.5. The number of hydrogen-bond acceptors (Lipinski definition) is 2. The van der Waals surface area contributed by atoms with E-state index >= 15 is 0 Å². The molecule has 3 rings (SSSR count). The van der Waals surface area contributed by atoms with Crippen LogP contribution in [0.2, 0.25) is 0 Å². The number of carbonyl (C=O) groups is 2. The summed E-state index contributed by atoms with van der Waals surface area (Å²) >= 11 is 0. The molecule has 0 unspecified atom stereocenters. The molecule has 0 radical (unpaired) electrons. The van der Waals surface area contributed by atoms with Gasteiger partial charge in [-0.2, -0.15) is 0 Å². The quantitative estimate of drug-likeness (QED) is 0.795. The smallest absolute Gasteiger partial charge is 0.223 e. The van der Waals surface area contributed by atoms with Crippen molar-refractivity contribution >= 4 is 11.8 Å². The van der Waals surface area contributed by atoms with Crippen molar-refractivity contribution in [2.75, 3.05) is 0 Å². The van der Waals surface area contributed by atoms with Crippen LogP contribution in [0.4, 0.5) is 8.78 Å². The normalized spacial score (nSPS) is 38.4.